The number of unbranched alkanes of at least 4 members (excludes halogenated alkanes) is 21. The number of hydrogen-bond acceptors (Lipinski definition) is 6. The van der Waals surface area contributed by atoms with Crippen LogP contribution in [0.2, 0.25) is 0 Å². The van der Waals surface area contributed by atoms with Gasteiger partial charge in [-0.3, -0.25) is 9.59 Å². The van der Waals surface area contributed by atoms with Crippen LogP contribution in [-0.4, -0.2) is 60.9 Å². The number of hydrogen-bond donors (Lipinski definition) is 1. The van der Waals surface area contributed by atoms with E-state index in [-0.39, 0.29) is 35.5 Å². The van der Waals surface area contributed by atoms with Crippen LogP contribution in [0.1, 0.15) is 253 Å². The van der Waals surface area contributed by atoms with Crippen LogP contribution in [0.4, 0.5) is 0 Å². The lowest BCUT2D eigenvalue weighted by Crippen LogP contribution is -2.41. The summed E-state index contributed by atoms with van der Waals surface area (Å²) in [5.41, 5.74) is -0.203. The Hall–Kier alpha value is -1.14. The van der Waals surface area contributed by atoms with Crippen molar-refractivity contribution in [3.63, 3.8) is 0 Å². The van der Waals surface area contributed by atoms with Gasteiger partial charge in [0.1, 0.15) is 6.10 Å². The fraction of sp³-hybridized carbons (Fsp3) is 0.959. The maximum absolute atomic E-state index is 13.7. The van der Waals surface area contributed by atoms with Gasteiger partial charge in [0.25, 0.3) is 0 Å². The van der Waals surface area contributed by atoms with Gasteiger partial charge in [-0.2, -0.15) is 0 Å². The first-order chi connectivity index (χ1) is 26.7. The van der Waals surface area contributed by atoms with E-state index >= 15 is 0 Å². The number of carbonyl (C=O) groups is 2. The van der Waals surface area contributed by atoms with Crippen LogP contribution in [0.25, 0.3) is 0 Å². The third kappa shape index (κ3) is 28.0. The molecule has 0 aromatic carbocycles. The van der Waals surface area contributed by atoms with Gasteiger partial charge in [0.15, 0.2) is 0 Å². The summed E-state index contributed by atoms with van der Waals surface area (Å²) in [6, 6.07) is 0. The number of esters is 2. The van der Waals surface area contributed by atoms with Gasteiger partial charge in [-0.25, -0.2) is 0 Å². The lowest BCUT2D eigenvalue weighted by atomic mass is 9.66. The van der Waals surface area contributed by atoms with Crippen LogP contribution in [-0.2, 0) is 19.1 Å². The molecule has 1 rings (SSSR count). The molecule has 0 bridgehead atoms. The summed E-state index contributed by atoms with van der Waals surface area (Å²) < 4.78 is 12.0. The summed E-state index contributed by atoms with van der Waals surface area (Å²) in [7, 11) is 0. The van der Waals surface area contributed by atoms with E-state index in [0.29, 0.717) is 13.0 Å². The number of nitrogens with zero attached hydrogens (tertiary/aromatic N) is 1. The standard InChI is InChI=1S/C49H95NO5/c1-6-9-12-15-18-21-27-35-46(52)54-44-48(4,5)36-28-24-31-41-50(42-43-51)40-30-23-22-29-37-49(38-32-39-49)47(53)55-45(33-25-19-16-13-10-7-2)34-26-20-17-14-11-8-3/h45,51H,6-44H2,1-5H3. The highest BCUT2D eigenvalue weighted by Crippen LogP contribution is 2.47. The SMILES string of the molecule is CCCCCCCCCC(=O)OCC(C)(C)CCCCCN(CCO)CCCCCCC1(C(=O)OC(CCCCCCCC)CCCCCCCC)CCC1. The van der Waals surface area contributed by atoms with Gasteiger partial charge in [-0.1, -0.05) is 176 Å². The predicted octanol–water partition coefficient (Wildman–Crippen LogP) is 14.1. The summed E-state index contributed by atoms with van der Waals surface area (Å²) in [4.78, 5) is 28.3. The topological polar surface area (TPSA) is 76.1 Å². The molecule has 0 heterocycles. The Morgan fingerprint density at radius 2 is 1.09 bits per heavy atom. The van der Waals surface area contributed by atoms with E-state index in [4.69, 9.17) is 9.47 Å². The summed E-state index contributed by atoms with van der Waals surface area (Å²) in [6.45, 7) is 14.7. The van der Waals surface area contributed by atoms with E-state index in [1.807, 2.05) is 0 Å². The van der Waals surface area contributed by atoms with Gasteiger partial charge >= 0.3 is 11.9 Å². The highest BCUT2D eigenvalue weighted by atomic mass is 16.5. The largest absolute Gasteiger partial charge is 0.465 e. The molecule has 6 nitrogen and oxygen atoms in total. The Morgan fingerprint density at radius 3 is 1.60 bits per heavy atom. The minimum atomic E-state index is -0.215. The van der Waals surface area contributed by atoms with E-state index in [1.54, 1.807) is 0 Å². The second-order valence-corrected chi connectivity index (χ2v) is 18.5. The Labute approximate surface area is 342 Å². The molecule has 0 saturated heterocycles. The van der Waals surface area contributed by atoms with Crippen LogP contribution in [0.3, 0.4) is 0 Å². The maximum Gasteiger partial charge on any atom is 0.312 e. The average Bonchev–Trinajstić information content (AvgIpc) is 3.15. The zero-order valence-corrected chi connectivity index (χ0v) is 37.7. The maximum atomic E-state index is 13.7. The molecule has 0 aromatic rings. The molecule has 1 N–H and O–H groups in total. The van der Waals surface area contributed by atoms with Crippen molar-refractivity contribution < 1.29 is 24.2 Å². The molecule has 55 heavy (non-hydrogen) atoms. The molecule has 1 aliphatic carbocycles. The van der Waals surface area contributed by atoms with Crippen molar-refractivity contribution in [1.29, 1.82) is 0 Å². The smallest absolute Gasteiger partial charge is 0.312 e. The zero-order valence-electron chi connectivity index (χ0n) is 37.7. The predicted molar refractivity (Wildman–Crippen MR) is 235 cm³/mol. The van der Waals surface area contributed by atoms with Gasteiger partial charge in [0.05, 0.1) is 18.6 Å². The number of ether oxygens (including phenoxy) is 2. The summed E-state index contributed by atoms with van der Waals surface area (Å²) >= 11 is 0. The molecular weight excluding hydrogens is 683 g/mol. The van der Waals surface area contributed by atoms with Crippen LogP contribution >= 0.6 is 0 Å². The number of carbonyl (C=O) groups excluding carboxylic acids is 2. The molecule has 1 aliphatic rings. The molecule has 1 fully saturated rings. The van der Waals surface area contributed by atoms with E-state index in [9.17, 15) is 14.7 Å². The van der Waals surface area contributed by atoms with Crippen molar-refractivity contribution in [2.24, 2.45) is 10.8 Å². The molecule has 0 unspecified atom stereocenters. The second kappa shape index (κ2) is 34.9. The average molecular weight is 778 g/mol. The van der Waals surface area contributed by atoms with Crippen LogP contribution in [0.5, 0.6) is 0 Å². The highest BCUT2D eigenvalue weighted by Gasteiger charge is 2.45. The van der Waals surface area contributed by atoms with E-state index in [2.05, 4.69) is 39.5 Å². The first-order valence-electron chi connectivity index (χ1n) is 24.4. The lowest BCUT2D eigenvalue weighted by Gasteiger charge is -2.40. The third-order valence-corrected chi connectivity index (χ3v) is 12.5. The van der Waals surface area contributed by atoms with Gasteiger partial charge in [0, 0.05) is 13.0 Å². The molecule has 0 radical (unpaired) electrons. The lowest BCUT2D eigenvalue weighted by molar-refractivity contribution is -0.169. The van der Waals surface area contributed by atoms with Gasteiger partial charge < -0.3 is 19.5 Å². The van der Waals surface area contributed by atoms with Crippen LogP contribution in [0.15, 0.2) is 0 Å². The summed E-state index contributed by atoms with van der Waals surface area (Å²) in [5.74, 6) is 0.0886. The zero-order chi connectivity index (χ0) is 40.3. The third-order valence-electron chi connectivity index (χ3n) is 12.5. The van der Waals surface area contributed by atoms with E-state index < -0.39 is 0 Å². The number of rotatable bonds is 41. The Morgan fingerprint density at radius 1 is 0.618 bits per heavy atom. The monoisotopic (exact) mass is 778 g/mol. The fourth-order valence-electron chi connectivity index (χ4n) is 8.39. The minimum absolute atomic E-state index is 0.0121. The summed E-state index contributed by atoms with van der Waals surface area (Å²) in [5, 5.41) is 9.70. The Bertz CT molecular complexity index is 871. The van der Waals surface area contributed by atoms with Crippen molar-refractivity contribution >= 4 is 11.9 Å². The molecule has 6 heteroatoms. The summed E-state index contributed by atoms with van der Waals surface area (Å²) in [6.07, 6.45) is 40.0. The molecule has 0 spiro atoms. The van der Waals surface area contributed by atoms with Crippen LogP contribution in [0, 0.1) is 10.8 Å². The fourth-order valence-corrected chi connectivity index (χ4v) is 8.39. The normalized spacial score (nSPS) is 14.1. The van der Waals surface area contributed by atoms with Crippen molar-refractivity contribution in [1.82, 2.24) is 4.90 Å². The van der Waals surface area contributed by atoms with Crippen molar-refractivity contribution in [3.8, 4) is 0 Å². The molecule has 326 valence electrons. The van der Waals surface area contributed by atoms with Gasteiger partial charge in [-0.15, -0.1) is 0 Å². The van der Waals surface area contributed by atoms with Crippen molar-refractivity contribution in [3.05, 3.63) is 0 Å². The van der Waals surface area contributed by atoms with Crippen molar-refractivity contribution in [2.45, 2.75) is 259 Å². The quantitative estimate of drug-likeness (QED) is 0.0492. The molecule has 0 aliphatic heterocycles. The van der Waals surface area contributed by atoms with Crippen LogP contribution < -0.4 is 0 Å². The van der Waals surface area contributed by atoms with E-state index in [0.717, 1.165) is 110 Å². The molecule has 0 aromatic heterocycles. The first kappa shape index (κ1) is 51.9. The Balaban J connectivity index is 2.31. The number of aliphatic hydroxyl groups is 1. The Kier molecular flexibility index (Phi) is 32.9. The number of aliphatic hydroxyl groups excluding tert-OH is 1. The minimum Gasteiger partial charge on any atom is -0.465 e. The second-order valence-electron chi connectivity index (χ2n) is 18.5. The first-order valence-corrected chi connectivity index (χ1v) is 24.4. The molecule has 1 saturated carbocycles. The van der Waals surface area contributed by atoms with Gasteiger partial charge in [-0.05, 0) is 89.1 Å². The van der Waals surface area contributed by atoms with Gasteiger partial charge in [0.2, 0.25) is 0 Å². The van der Waals surface area contributed by atoms with E-state index in [1.165, 1.54) is 122 Å². The highest BCUT2D eigenvalue weighted by molar-refractivity contribution is 5.78. The molecule has 0 amide bonds. The molecule has 0 atom stereocenters. The van der Waals surface area contributed by atoms with Crippen molar-refractivity contribution in [2.75, 3.05) is 32.8 Å². The molecular formula is C49H95NO5.